The number of hydrogen-bond donors (Lipinski definition) is 1. The number of cyclic esters (lactones) is 1. The van der Waals surface area contributed by atoms with Gasteiger partial charge in [0, 0.05) is 24.2 Å². The van der Waals surface area contributed by atoms with E-state index in [1.54, 1.807) is 41.5 Å². The fourth-order valence-corrected chi connectivity index (χ4v) is 3.16. The molecule has 2 aromatic heterocycles. The Balaban J connectivity index is 1.47. The van der Waals surface area contributed by atoms with Gasteiger partial charge in [-0.15, -0.1) is 0 Å². The number of rotatable bonds is 6. The van der Waals surface area contributed by atoms with Gasteiger partial charge in [-0.1, -0.05) is 6.07 Å². The Bertz CT molecular complexity index is 1050. The number of halogens is 1. The lowest BCUT2D eigenvalue weighted by Crippen LogP contribution is -2.33. The molecular formula is C20H19FN6O3. The number of hydrogen-bond acceptors (Lipinski definition) is 6. The highest BCUT2D eigenvalue weighted by Crippen LogP contribution is 2.29. The summed E-state index contributed by atoms with van der Waals surface area (Å²) in [6.07, 6.45) is 3.59. The first-order valence-corrected chi connectivity index (χ1v) is 9.29. The molecule has 1 saturated heterocycles. The molecule has 1 atom stereocenters. The molecular weight excluding hydrogens is 391 g/mol. The van der Waals surface area contributed by atoms with E-state index in [0.29, 0.717) is 23.4 Å². The maximum Gasteiger partial charge on any atom is 0.414 e. The molecule has 1 aromatic carbocycles. The van der Waals surface area contributed by atoms with Gasteiger partial charge in [-0.05, 0) is 24.3 Å². The standard InChI is InChI=1S/C20H19FN6O3/c1-13(28)23-8-17-10-27(20(29)30-17)16-4-5-18(19(21)6-16)14-2-3-15(24-7-14)9-26-12-22-11-25-26/h2-7,11-12,17H,8-10H2,1H3,(H,23,28). The lowest BCUT2D eigenvalue weighted by molar-refractivity contribution is -0.119. The highest BCUT2D eigenvalue weighted by atomic mass is 19.1. The van der Waals surface area contributed by atoms with Crippen LogP contribution < -0.4 is 10.2 Å². The van der Waals surface area contributed by atoms with Gasteiger partial charge in [-0.3, -0.25) is 14.7 Å². The van der Waals surface area contributed by atoms with Crippen molar-refractivity contribution in [1.29, 1.82) is 0 Å². The first-order chi connectivity index (χ1) is 14.5. The summed E-state index contributed by atoms with van der Waals surface area (Å²) >= 11 is 0. The summed E-state index contributed by atoms with van der Waals surface area (Å²) in [6.45, 7) is 2.30. The third-order valence-electron chi connectivity index (χ3n) is 4.64. The summed E-state index contributed by atoms with van der Waals surface area (Å²) in [6, 6.07) is 8.14. The number of carbonyl (C=O) groups is 2. The topological polar surface area (TPSA) is 102 Å². The monoisotopic (exact) mass is 410 g/mol. The van der Waals surface area contributed by atoms with Crippen LogP contribution in [0, 0.1) is 5.82 Å². The van der Waals surface area contributed by atoms with Gasteiger partial charge in [-0.2, -0.15) is 5.10 Å². The number of benzene rings is 1. The van der Waals surface area contributed by atoms with E-state index in [0.717, 1.165) is 5.69 Å². The lowest BCUT2D eigenvalue weighted by atomic mass is 10.1. The van der Waals surface area contributed by atoms with E-state index in [1.165, 1.54) is 24.2 Å². The number of nitrogens with zero attached hydrogens (tertiary/aromatic N) is 5. The Morgan fingerprint density at radius 1 is 1.33 bits per heavy atom. The number of nitrogens with one attached hydrogen (secondary N) is 1. The third-order valence-corrected chi connectivity index (χ3v) is 4.64. The van der Waals surface area contributed by atoms with Gasteiger partial charge in [0.1, 0.15) is 24.6 Å². The number of anilines is 1. The third kappa shape index (κ3) is 4.27. The Morgan fingerprint density at radius 2 is 2.20 bits per heavy atom. The van der Waals surface area contributed by atoms with Crippen molar-refractivity contribution in [2.45, 2.75) is 19.6 Å². The normalized spacial score (nSPS) is 15.9. The van der Waals surface area contributed by atoms with Gasteiger partial charge in [0.25, 0.3) is 0 Å². The Morgan fingerprint density at radius 3 is 2.87 bits per heavy atom. The van der Waals surface area contributed by atoms with Crippen LogP contribution in [-0.2, 0) is 16.1 Å². The van der Waals surface area contributed by atoms with Crippen molar-refractivity contribution in [3.8, 4) is 11.1 Å². The zero-order valence-corrected chi connectivity index (χ0v) is 16.2. The molecule has 1 unspecified atom stereocenters. The van der Waals surface area contributed by atoms with Crippen LogP contribution in [0.4, 0.5) is 14.9 Å². The van der Waals surface area contributed by atoms with Gasteiger partial charge in [0.2, 0.25) is 5.91 Å². The van der Waals surface area contributed by atoms with Crippen LogP contribution in [-0.4, -0.2) is 50.9 Å². The van der Waals surface area contributed by atoms with E-state index in [1.807, 2.05) is 0 Å². The van der Waals surface area contributed by atoms with Crippen molar-refractivity contribution < 1.29 is 18.7 Å². The first-order valence-electron chi connectivity index (χ1n) is 9.29. The second-order valence-corrected chi connectivity index (χ2v) is 6.85. The molecule has 9 nitrogen and oxygen atoms in total. The van der Waals surface area contributed by atoms with E-state index in [-0.39, 0.29) is 19.0 Å². The van der Waals surface area contributed by atoms with E-state index >= 15 is 0 Å². The molecule has 10 heteroatoms. The lowest BCUT2D eigenvalue weighted by Gasteiger charge is -2.14. The van der Waals surface area contributed by atoms with Crippen LogP contribution in [0.25, 0.3) is 11.1 Å². The fraction of sp³-hybridized carbons (Fsp3) is 0.250. The molecule has 30 heavy (non-hydrogen) atoms. The molecule has 0 aliphatic carbocycles. The first kappa shape index (κ1) is 19.5. The Kier molecular flexibility index (Phi) is 5.38. The maximum atomic E-state index is 14.8. The van der Waals surface area contributed by atoms with E-state index in [2.05, 4.69) is 20.4 Å². The number of amides is 2. The van der Waals surface area contributed by atoms with E-state index in [4.69, 9.17) is 4.74 Å². The van der Waals surface area contributed by atoms with Gasteiger partial charge >= 0.3 is 6.09 Å². The van der Waals surface area contributed by atoms with Crippen LogP contribution in [0.1, 0.15) is 12.6 Å². The predicted molar refractivity (Wildman–Crippen MR) is 105 cm³/mol. The molecule has 0 radical (unpaired) electrons. The predicted octanol–water partition coefficient (Wildman–Crippen LogP) is 1.99. The molecule has 1 aliphatic heterocycles. The van der Waals surface area contributed by atoms with E-state index in [9.17, 15) is 14.0 Å². The zero-order chi connectivity index (χ0) is 21.1. The molecule has 4 rings (SSSR count). The highest BCUT2D eigenvalue weighted by Gasteiger charge is 2.32. The second-order valence-electron chi connectivity index (χ2n) is 6.85. The summed E-state index contributed by atoms with van der Waals surface area (Å²) in [7, 11) is 0. The molecule has 0 saturated carbocycles. The number of ether oxygens (including phenoxy) is 1. The van der Waals surface area contributed by atoms with Crippen molar-refractivity contribution in [3.63, 3.8) is 0 Å². The largest absolute Gasteiger partial charge is 0.442 e. The van der Waals surface area contributed by atoms with Crippen molar-refractivity contribution in [3.05, 3.63) is 60.7 Å². The molecule has 154 valence electrons. The zero-order valence-electron chi connectivity index (χ0n) is 16.2. The quantitative estimate of drug-likeness (QED) is 0.667. The van der Waals surface area contributed by atoms with Crippen LogP contribution in [0.3, 0.4) is 0 Å². The van der Waals surface area contributed by atoms with Gasteiger partial charge < -0.3 is 10.1 Å². The minimum Gasteiger partial charge on any atom is -0.442 e. The van der Waals surface area contributed by atoms with Gasteiger partial charge in [-0.25, -0.2) is 18.9 Å². The molecule has 0 bridgehead atoms. The maximum absolute atomic E-state index is 14.8. The summed E-state index contributed by atoms with van der Waals surface area (Å²) in [5, 5.41) is 6.64. The molecule has 1 aliphatic rings. The summed E-state index contributed by atoms with van der Waals surface area (Å²) in [4.78, 5) is 32.7. The van der Waals surface area contributed by atoms with Crippen molar-refractivity contribution >= 4 is 17.7 Å². The van der Waals surface area contributed by atoms with Gasteiger partial charge in [0.15, 0.2) is 0 Å². The minimum absolute atomic E-state index is 0.208. The summed E-state index contributed by atoms with van der Waals surface area (Å²) < 4.78 is 21.6. The Hall–Kier alpha value is -3.82. The molecule has 3 aromatic rings. The highest BCUT2D eigenvalue weighted by molar-refractivity contribution is 5.90. The van der Waals surface area contributed by atoms with Gasteiger partial charge in [0.05, 0.1) is 31.0 Å². The van der Waals surface area contributed by atoms with E-state index < -0.39 is 18.0 Å². The number of aromatic nitrogens is 4. The Labute approximate surface area is 171 Å². The van der Waals surface area contributed by atoms with Crippen LogP contribution in [0.15, 0.2) is 49.2 Å². The van der Waals surface area contributed by atoms with Crippen LogP contribution >= 0.6 is 0 Å². The molecule has 2 amide bonds. The average molecular weight is 410 g/mol. The van der Waals surface area contributed by atoms with Crippen molar-refractivity contribution in [1.82, 2.24) is 25.1 Å². The smallest absolute Gasteiger partial charge is 0.414 e. The summed E-state index contributed by atoms with van der Waals surface area (Å²) in [5.41, 5.74) is 2.16. The van der Waals surface area contributed by atoms with Crippen molar-refractivity contribution in [2.24, 2.45) is 0 Å². The van der Waals surface area contributed by atoms with Crippen LogP contribution in [0.5, 0.6) is 0 Å². The molecule has 1 N–H and O–H groups in total. The average Bonchev–Trinajstić information content (AvgIpc) is 3.36. The van der Waals surface area contributed by atoms with Crippen molar-refractivity contribution in [2.75, 3.05) is 18.0 Å². The molecule has 3 heterocycles. The molecule has 1 fully saturated rings. The molecule has 0 spiro atoms. The fourth-order valence-electron chi connectivity index (χ4n) is 3.16. The minimum atomic E-state index is -0.573. The summed E-state index contributed by atoms with van der Waals surface area (Å²) in [5.74, 6) is -0.683. The number of pyridine rings is 1. The number of carbonyl (C=O) groups excluding carboxylic acids is 2. The second kappa shape index (κ2) is 8.27. The van der Waals surface area contributed by atoms with Crippen LogP contribution in [0.2, 0.25) is 0 Å². The SMILES string of the molecule is CC(=O)NCC1CN(c2ccc(-c3ccc(Cn4cncn4)nc3)c(F)c2)C(=O)O1.